The average molecular weight is 287 g/mol. The van der Waals surface area contributed by atoms with Gasteiger partial charge in [-0.2, -0.15) is 13.2 Å². The van der Waals surface area contributed by atoms with Crippen LogP contribution in [-0.2, 0) is 6.54 Å². The highest BCUT2D eigenvalue weighted by Crippen LogP contribution is 2.33. The zero-order valence-electron chi connectivity index (χ0n) is 11.6. The van der Waals surface area contributed by atoms with Gasteiger partial charge < -0.3 is 10.2 Å². The summed E-state index contributed by atoms with van der Waals surface area (Å²) in [5.41, 5.74) is 0.991. The Morgan fingerprint density at radius 2 is 2.10 bits per heavy atom. The first-order chi connectivity index (χ1) is 9.49. The second-order valence-corrected chi connectivity index (χ2v) is 5.18. The van der Waals surface area contributed by atoms with Crippen LogP contribution in [0, 0.1) is 0 Å². The Morgan fingerprint density at radius 3 is 2.60 bits per heavy atom. The maximum Gasteiger partial charge on any atom is 0.405 e. The molecule has 1 N–H and O–H groups in total. The van der Waals surface area contributed by atoms with Gasteiger partial charge in [-0.05, 0) is 37.4 Å². The summed E-state index contributed by atoms with van der Waals surface area (Å²) in [6.45, 7) is 2.78. The van der Waals surface area contributed by atoms with Crippen molar-refractivity contribution in [2.75, 3.05) is 18.0 Å². The van der Waals surface area contributed by atoms with Crippen LogP contribution in [0.4, 0.5) is 19.0 Å². The number of alkyl halides is 3. The molecule has 2 rings (SSSR count). The minimum Gasteiger partial charge on any atom is -0.345 e. The van der Waals surface area contributed by atoms with Crippen LogP contribution in [0.3, 0.4) is 0 Å². The number of halogens is 3. The summed E-state index contributed by atoms with van der Waals surface area (Å²) in [6, 6.07) is 3.53. The van der Waals surface area contributed by atoms with Gasteiger partial charge in [0.05, 0.1) is 0 Å². The van der Waals surface area contributed by atoms with Gasteiger partial charge in [0.15, 0.2) is 0 Å². The molecule has 0 radical (unpaired) electrons. The molecule has 1 aromatic heterocycles. The molecular formula is C14H20F3N3. The molecule has 6 heteroatoms. The van der Waals surface area contributed by atoms with E-state index in [0.717, 1.165) is 31.4 Å². The molecule has 1 saturated carbocycles. The zero-order valence-corrected chi connectivity index (χ0v) is 11.6. The SMILES string of the molecule is CCCNCc1ccc(N(CC(F)(F)F)C2CC2)nc1. The van der Waals surface area contributed by atoms with E-state index in [1.54, 1.807) is 12.3 Å². The van der Waals surface area contributed by atoms with Gasteiger partial charge in [-0.25, -0.2) is 4.98 Å². The number of nitrogens with one attached hydrogen (secondary N) is 1. The minimum atomic E-state index is -4.19. The Hall–Kier alpha value is -1.30. The molecule has 0 amide bonds. The Labute approximate surface area is 117 Å². The molecule has 0 aliphatic heterocycles. The minimum absolute atomic E-state index is 0.00630. The molecule has 3 nitrogen and oxygen atoms in total. The molecule has 0 unspecified atom stereocenters. The molecule has 0 atom stereocenters. The van der Waals surface area contributed by atoms with Crippen molar-refractivity contribution in [3.63, 3.8) is 0 Å². The van der Waals surface area contributed by atoms with Gasteiger partial charge in [0.1, 0.15) is 12.4 Å². The third-order valence-electron chi connectivity index (χ3n) is 3.20. The van der Waals surface area contributed by atoms with E-state index in [4.69, 9.17) is 0 Å². The number of hydrogen-bond donors (Lipinski definition) is 1. The zero-order chi connectivity index (χ0) is 14.6. The smallest absolute Gasteiger partial charge is 0.345 e. The summed E-state index contributed by atoms with van der Waals surface area (Å²) in [5.74, 6) is 0.420. The van der Waals surface area contributed by atoms with E-state index in [9.17, 15) is 13.2 Å². The van der Waals surface area contributed by atoms with Crippen LogP contribution >= 0.6 is 0 Å². The number of nitrogens with zero attached hydrogens (tertiary/aromatic N) is 2. The fourth-order valence-electron chi connectivity index (χ4n) is 2.08. The van der Waals surface area contributed by atoms with Gasteiger partial charge in [0.2, 0.25) is 0 Å². The van der Waals surface area contributed by atoms with Crippen molar-refractivity contribution >= 4 is 5.82 Å². The van der Waals surface area contributed by atoms with Crippen LogP contribution in [0.25, 0.3) is 0 Å². The van der Waals surface area contributed by atoms with Gasteiger partial charge in [0, 0.05) is 18.8 Å². The Kier molecular flexibility index (Phi) is 4.86. The Balaban J connectivity index is 1.99. The highest BCUT2D eigenvalue weighted by molar-refractivity contribution is 5.42. The second-order valence-electron chi connectivity index (χ2n) is 5.18. The van der Waals surface area contributed by atoms with Crippen molar-refractivity contribution in [1.82, 2.24) is 10.3 Å². The molecule has 0 bridgehead atoms. The lowest BCUT2D eigenvalue weighted by Gasteiger charge is -2.24. The van der Waals surface area contributed by atoms with E-state index in [1.165, 1.54) is 4.90 Å². The highest BCUT2D eigenvalue weighted by atomic mass is 19.4. The van der Waals surface area contributed by atoms with Crippen LogP contribution in [0.2, 0.25) is 0 Å². The summed E-state index contributed by atoms with van der Waals surface area (Å²) < 4.78 is 37.8. The van der Waals surface area contributed by atoms with Gasteiger partial charge in [-0.1, -0.05) is 13.0 Å². The molecule has 1 aromatic rings. The molecule has 0 aromatic carbocycles. The fourth-order valence-corrected chi connectivity index (χ4v) is 2.08. The molecule has 1 fully saturated rings. The van der Waals surface area contributed by atoms with E-state index in [1.807, 2.05) is 6.07 Å². The predicted molar refractivity (Wildman–Crippen MR) is 72.7 cm³/mol. The molecule has 20 heavy (non-hydrogen) atoms. The number of anilines is 1. The Bertz CT molecular complexity index is 413. The lowest BCUT2D eigenvalue weighted by Crippen LogP contribution is -2.36. The Morgan fingerprint density at radius 1 is 1.35 bits per heavy atom. The van der Waals surface area contributed by atoms with Gasteiger partial charge in [-0.15, -0.1) is 0 Å². The predicted octanol–water partition coefficient (Wildman–Crippen LogP) is 3.11. The summed E-state index contributed by atoms with van der Waals surface area (Å²) in [6.07, 6.45) is 0.150. The van der Waals surface area contributed by atoms with Crippen molar-refractivity contribution in [1.29, 1.82) is 0 Å². The van der Waals surface area contributed by atoms with Crippen LogP contribution in [0.5, 0.6) is 0 Å². The molecule has 112 valence electrons. The van der Waals surface area contributed by atoms with Crippen molar-refractivity contribution in [2.24, 2.45) is 0 Å². The molecule has 1 heterocycles. The lowest BCUT2D eigenvalue weighted by molar-refractivity contribution is -0.120. The van der Waals surface area contributed by atoms with Crippen molar-refractivity contribution in [3.05, 3.63) is 23.9 Å². The van der Waals surface area contributed by atoms with Crippen LogP contribution < -0.4 is 10.2 Å². The van der Waals surface area contributed by atoms with E-state index in [2.05, 4.69) is 17.2 Å². The first-order valence-corrected chi connectivity index (χ1v) is 6.98. The third kappa shape index (κ3) is 4.67. The summed E-state index contributed by atoms with van der Waals surface area (Å²) in [4.78, 5) is 5.55. The first-order valence-electron chi connectivity index (χ1n) is 6.98. The maximum atomic E-state index is 12.6. The monoisotopic (exact) mass is 287 g/mol. The van der Waals surface area contributed by atoms with E-state index < -0.39 is 12.7 Å². The summed E-state index contributed by atoms with van der Waals surface area (Å²) in [5, 5.41) is 3.24. The number of hydrogen-bond acceptors (Lipinski definition) is 3. The standard InChI is InChI=1S/C14H20F3N3/c1-2-7-18-8-11-3-6-13(19-9-11)20(12-4-5-12)10-14(15,16)17/h3,6,9,12,18H,2,4-5,7-8,10H2,1H3. The lowest BCUT2D eigenvalue weighted by atomic mass is 10.2. The molecule has 1 aliphatic rings. The van der Waals surface area contributed by atoms with Crippen molar-refractivity contribution < 1.29 is 13.2 Å². The quantitative estimate of drug-likeness (QED) is 0.781. The average Bonchev–Trinajstić information content (AvgIpc) is 3.20. The van der Waals surface area contributed by atoms with E-state index in [0.29, 0.717) is 12.4 Å². The molecule has 1 aliphatic carbocycles. The molecular weight excluding hydrogens is 267 g/mol. The number of rotatable bonds is 7. The fraction of sp³-hybridized carbons (Fsp3) is 0.643. The first kappa shape index (κ1) is 15.1. The van der Waals surface area contributed by atoms with Crippen LogP contribution in [-0.4, -0.2) is 30.3 Å². The van der Waals surface area contributed by atoms with Crippen LogP contribution in [0.15, 0.2) is 18.3 Å². The molecule has 0 spiro atoms. The highest BCUT2D eigenvalue weighted by Gasteiger charge is 2.38. The van der Waals surface area contributed by atoms with Gasteiger partial charge in [-0.3, -0.25) is 0 Å². The van der Waals surface area contributed by atoms with Gasteiger partial charge >= 0.3 is 6.18 Å². The maximum absolute atomic E-state index is 12.6. The van der Waals surface area contributed by atoms with E-state index in [-0.39, 0.29) is 6.04 Å². The molecule has 0 saturated heterocycles. The van der Waals surface area contributed by atoms with Crippen molar-refractivity contribution in [2.45, 2.75) is 44.9 Å². The van der Waals surface area contributed by atoms with Gasteiger partial charge in [0.25, 0.3) is 0 Å². The van der Waals surface area contributed by atoms with Crippen molar-refractivity contribution in [3.8, 4) is 0 Å². The third-order valence-corrected chi connectivity index (χ3v) is 3.20. The van der Waals surface area contributed by atoms with Crippen LogP contribution in [0.1, 0.15) is 31.7 Å². The summed E-state index contributed by atoms with van der Waals surface area (Å²) in [7, 11) is 0. The largest absolute Gasteiger partial charge is 0.405 e. The number of pyridine rings is 1. The summed E-state index contributed by atoms with van der Waals surface area (Å²) >= 11 is 0. The topological polar surface area (TPSA) is 28.2 Å². The van der Waals surface area contributed by atoms with E-state index >= 15 is 0 Å². The normalized spacial score (nSPS) is 15.4. The number of aromatic nitrogens is 1. The second kappa shape index (κ2) is 6.43.